The van der Waals surface area contributed by atoms with Gasteiger partial charge in [-0.1, -0.05) is 6.07 Å². The van der Waals surface area contributed by atoms with E-state index < -0.39 is 17.5 Å². The average Bonchev–Trinajstić information content (AvgIpc) is 2.38. The Morgan fingerprint density at radius 3 is 2.50 bits per heavy atom. The van der Waals surface area contributed by atoms with Gasteiger partial charge in [0.1, 0.15) is 11.6 Å². The first kappa shape index (κ1) is 12.1. The van der Waals surface area contributed by atoms with Crippen molar-refractivity contribution in [1.29, 1.82) is 0 Å². The van der Waals surface area contributed by atoms with Crippen LogP contribution in [-0.4, -0.2) is 10.9 Å². The maximum Gasteiger partial charge on any atom is 0.266 e. The SMILES string of the molecule is NNC(=O)c1cncc(-c2c(F)cccc2F)c1. The van der Waals surface area contributed by atoms with Crippen LogP contribution in [0.5, 0.6) is 0 Å². The number of nitrogens with zero attached hydrogens (tertiary/aromatic N) is 1. The van der Waals surface area contributed by atoms with Crippen molar-refractivity contribution < 1.29 is 13.6 Å². The number of hydrazine groups is 1. The van der Waals surface area contributed by atoms with Crippen LogP contribution in [0.3, 0.4) is 0 Å². The van der Waals surface area contributed by atoms with E-state index in [1.54, 1.807) is 0 Å². The number of carbonyl (C=O) groups is 1. The fourth-order valence-electron chi connectivity index (χ4n) is 1.56. The fraction of sp³-hybridized carbons (Fsp3) is 0. The molecule has 18 heavy (non-hydrogen) atoms. The number of rotatable bonds is 2. The number of aromatic nitrogens is 1. The van der Waals surface area contributed by atoms with Gasteiger partial charge in [-0.05, 0) is 18.2 Å². The molecule has 1 aromatic carbocycles. The Hall–Kier alpha value is -2.34. The Labute approximate surface area is 101 Å². The standard InChI is InChI=1S/C12H9F2N3O/c13-9-2-1-3-10(14)11(9)7-4-8(6-16-5-7)12(18)17-15/h1-6H,15H2,(H,17,18). The number of benzene rings is 1. The van der Waals surface area contributed by atoms with Crippen molar-refractivity contribution in [3.05, 3.63) is 53.9 Å². The fourth-order valence-corrected chi connectivity index (χ4v) is 1.56. The van der Waals surface area contributed by atoms with E-state index in [1.165, 1.54) is 24.5 Å². The first-order valence-electron chi connectivity index (χ1n) is 5.04. The largest absolute Gasteiger partial charge is 0.290 e. The van der Waals surface area contributed by atoms with Gasteiger partial charge in [0.15, 0.2) is 0 Å². The summed E-state index contributed by atoms with van der Waals surface area (Å²) >= 11 is 0. The van der Waals surface area contributed by atoms with Gasteiger partial charge in [-0.15, -0.1) is 0 Å². The molecular formula is C12H9F2N3O. The van der Waals surface area contributed by atoms with Crippen LogP contribution >= 0.6 is 0 Å². The smallest absolute Gasteiger partial charge is 0.266 e. The molecule has 0 unspecified atom stereocenters. The summed E-state index contributed by atoms with van der Waals surface area (Å²) in [7, 11) is 0. The van der Waals surface area contributed by atoms with E-state index in [0.29, 0.717) is 0 Å². The van der Waals surface area contributed by atoms with Crippen molar-refractivity contribution in [3.8, 4) is 11.1 Å². The van der Waals surface area contributed by atoms with E-state index in [4.69, 9.17) is 5.84 Å². The van der Waals surface area contributed by atoms with Gasteiger partial charge < -0.3 is 0 Å². The number of amides is 1. The third-order valence-corrected chi connectivity index (χ3v) is 2.38. The molecule has 2 aromatic rings. The molecule has 0 fully saturated rings. The number of carbonyl (C=O) groups excluding carboxylic acids is 1. The average molecular weight is 249 g/mol. The first-order chi connectivity index (χ1) is 8.63. The maximum absolute atomic E-state index is 13.6. The zero-order chi connectivity index (χ0) is 13.1. The number of nitrogens with two attached hydrogens (primary N) is 1. The monoisotopic (exact) mass is 249 g/mol. The third kappa shape index (κ3) is 2.18. The Kier molecular flexibility index (Phi) is 3.29. The minimum Gasteiger partial charge on any atom is -0.290 e. The van der Waals surface area contributed by atoms with Gasteiger partial charge in [-0.3, -0.25) is 15.2 Å². The summed E-state index contributed by atoms with van der Waals surface area (Å²) < 4.78 is 27.1. The highest BCUT2D eigenvalue weighted by atomic mass is 19.1. The van der Waals surface area contributed by atoms with Crippen LogP contribution in [0.15, 0.2) is 36.7 Å². The predicted molar refractivity (Wildman–Crippen MR) is 61.2 cm³/mol. The van der Waals surface area contributed by atoms with E-state index in [0.717, 1.165) is 12.1 Å². The van der Waals surface area contributed by atoms with Crippen LogP contribution in [0.1, 0.15) is 10.4 Å². The molecule has 1 heterocycles. The van der Waals surface area contributed by atoms with Gasteiger partial charge in [-0.2, -0.15) is 0 Å². The van der Waals surface area contributed by atoms with Crippen LogP contribution in [0.4, 0.5) is 8.78 Å². The molecule has 0 atom stereocenters. The molecule has 2 rings (SSSR count). The Balaban J connectivity index is 2.55. The minimum absolute atomic E-state index is 0.123. The number of hydrogen-bond acceptors (Lipinski definition) is 3. The second kappa shape index (κ2) is 4.89. The molecular weight excluding hydrogens is 240 g/mol. The molecule has 0 aliphatic heterocycles. The topological polar surface area (TPSA) is 68.0 Å². The van der Waals surface area contributed by atoms with Gasteiger partial charge in [0.05, 0.1) is 11.1 Å². The quantitative estimate of drug-likeness (QED) is 0.483. The normalized spacial score (nSPS) is 10.2. The van der Waals surface area contributed by atoms with Crippen LogP contribution in [-0.2, 0) is 0 Å². The number of halogens is 2. The van der Waals surface area contributed by atoms with E-state index in [2.05, 4.69) is 4.98 Å². The maximum atomic E-state index is 13.6. The number of nitrogens with one attached hydrogen (secondary N) is 1. The summed E-state index contributed by atoms with van der Waals surface area (Å²) in [6.45, 7) is 0. The summed E-state index contributed by atoms with van der Waals surface area (Å²) in [6, 6.07) is 4.84. The molecule has 6 heteroatoms. The van der Waals surface area contributed by atoms with E-state index in [9.17, 15) is 13.6 Å². The molecule has 0 spiro atoms. The molecule has 0 bridgehead atoms. The molecule has 3 N–H and O–H groups in total. The zero-order valence-electron chi connectivity index (χ0n) is 9.15. The van der Waals surface area contributed by atoms with Gasteiger partial charge in [0.25, 0.3) is 5.91 Å². The zero-order valence-corrected chi connectivity index (χ0v) is 9.15. The summed E-state index contributed by atoms with van der Waals surface area (Å²) in [5.41, 5.74) is 1.99. The molecule has 0 saturated carbocycles. The lowest BCUT2D eigenvalue weighted by Crippen LogP contribution is -2.30. The Bertz CT molecular complexity index is 581. The van der Waals surface area contributed by atoms with Crippen LogP contribution in [0.25, 0.3) is 11.1 Å². The lowest BCUT2D eigenvalue weighted by Gasteiger charge is -2.06. The van der Waals surface area contributed by atoms with Gasteiger partial charge in [0, 0.05) is 18.0 Å². The number of nitrogen functional groups attached to an aromatic ring is 1. The Morgan fingerprint density at radius 1 is 1.22 bits per heavy atom. The Morgan fingerprint density at radius 2 is 1.89 bits per heavy atom. The molecule has 92 valence electrons. The summed E-state index contributed by atoms with van der Waals surface area (Å²) in [5.74, 6) is 2.95. The van der Waals surface area contributed by atoms with Crippen molar-refractivity contribution in [1.82, 2.24) is 10.4 Å². The highest BCUT2D eigenvalue weighted by molar-refractivity contribution is 5.94. The molecule has 1 aromatic heterocycles. The van der Waals surface area contributed by atoms with E-state index in [-0.39, 0.29) is 16.7 Å². The lowest BCUT2D eigenvalue weighted by molar-refractivity contribution is 0.0953. The first-order valence-corrected chi connectivity index (χ1v) is 5.04. The molecule has 0 saturated heterocycles. The predicted octanol–water partition coefficient (Wildman–Crippen LogP) is 1.63. The highest BCUT2D eigenvalue weighted by Crippen LogP contribution is 2.25. The van der Waals surface area contributed by atoms with Crippen LogP contribution in [0, 0.1) is 11.6 Å². The van der Waals surface area contributed by atoms with Crippen LogP contribution in [0.2, 0.25) is 0 Å². The second-order valence-corrected chi connectivity index (χ2v) is 3.53. The molecule has 4 nitrogen and oxygen atoms in total. The highest BCUT2D eigenvalue weighted by Gasteiger charge is 2.13. The molecule has 0 aliphatic carbocycles. The van der Waals surface area contributed by atoms with Gasteiger partial charge >= 0.3 is 0 Å². The van der Waals surface area contributed by atoms with Crippen molar-refractivity contribution >= 4 is 5.91 Å². The van der Waals surface area contributed by atoms with E-state index in [1.807, 2.05) is 5.43 Å². The summed E-state index contributed by atoms with van der Waals surface area (Å²) in [6.07, 6.45) is 2.53. The number of pyridine rings is 1. The molecule has 1 amide bonds. The second-order valence-electron chi connectivity index (χ2n) is 3.53. The molecule has 0 radical (unpaired) electrons. The van der Waals surface area contributed by atoms with Gasteiger partial charge in [0.2, 0.25) is 0 Å². The van der Waals surface area contributed by atoms with Gasteiger partial charge in [-0.25, -0.2) is 14.6 Å². The number of hydrogen-bond donors (Lipinski definition) is 2. The van der Waals surface area contributed by atoms with Crippen molar-refractivity contribution in [2.45, 2.75) is 0 Å². The van der Waals surface area contributed by atoms with Crippen molar-refractivity contribution in [3.63, 3.8) is 0 Å². The summed E-state index contributed by atoms with van der Waals surface area (Å²) in [4.78, 5) is 15.1. The lowest BCUT2D eigenvalue weighted by atomic mass is 10.0. The molecule has 0 aliphatic rings. The van der Waals surface area contributed by atoms with E-state index >= 15 is 0 Å². The van der Waals surface area contributed by atoms with Crippen molar-refractivity contribution in [2.24, 2.45) is 5.84 Å². The third-order valence-electron chi connectivity index (χ3n) is 2.38. The minimum atomic E-state index is -0.720. The summed E-state index contributed by atoms with van der Waals surface area (Å²) in [5, 5.41) is 0. The van der Waals surface area contributed by atoms with Crippen molar-refractivity contribution in [2.75, 3.05) is 0 Å². The van der Waals surface area contributed by atoms with Crippen LogP contribution < -0.4 is 11.3 Å².